The number of rotatable bonds is 3. The number of ether oxygens (including phenoxy) is 1. The van der Waals surface area contributed by atoms with Crippen LogP contribution in [-0.4, -0.2) is 58.2 Å². The lowest BCUT2D eigenvalue weighted by Crippen LogP contribution is -2.48. The molecule has 1 N–H and O–H groups in total. The van der Waals surface area contributed by atoms with Crippen molar-refractivity contribution in [3.05, 3.63) is 35.4 Å². The van der Waals surface area contributed by atoms with E-state index in [-0.39, 0.29) is 12.1 Å². The number of carbonyl (C=O) groups excluding carboxylic acids is 1. The summed E-state index contributed by atoms with van der Waals surface area (Å²) in [5.74, 6) is 0. The third kappa shape index (κ3) is 6.04. The molecule has 0 aliphatic carbocycles. The van der Waals surface area contributed by atoms with Crippen molar-refractivity contribution in [2.24, 2.45) is 0 Å². The molecule has 1 aliphatic rings. The molecule has 0 radical (unpaired) electrons. The maximum absolute atomic E-state index is 12.8. The predicted octanol–water partition coefficient (Wildman–Crippen LogP) is 3.46. The van der Waals surface area contributed by atoms with Gasteiger partial charge in [0.2, 0.25) is 0 Å². The van der Waals surface area contributed by atoms with Crippen molar-refractivity contribution < 1.29 is 32.4 Å². The number of hydrogen-bond acceptors (Lipinski definition) is 4. The minimum atomic E-state index is -4.45. The van der Waals surface area contributed by atoms with Crippen molar-refractivity contribution in [2.45, 2.75) is 45.6 Å². The van der Waals surface area contributed by atoms with E-state index >= 15 is 0 Å². The van der Waals surface area contributed by atoms with Crippen molar-refractivity contribution in [1.29, 1.82) is 0 Å². The normalized spacial score (nSPS) is 17.8. The lowest BCUT2D eigenvalue weighted by molar-refractivity contribution is -0.458. The van der Waals surface area contributed by atoms with Crippen LogP contribution in [0.5, 0.6) is 0 Å². The average molecular weight is 387 g/mol. The third-order valence-electron chi connectivity index (χ3n) is 4.20. The Balaban J connectivity index is 2.03. The molecule has 0 saturated carbocycles. The molecule has 1 heterocycles. The highest BCUT2D eigenvalue weighted by atomic mass is 19.4. The Morgan fingerprint density at radius 1 is 1.33 bits per heavy atom. The second kappa shape index (κ2) is 7.98. The summed E-state index contributed by atoms with van der Waals surface area (Å²) < 4.78 is 45.4. The van der Waals surface area contributed by atoms with E-state index in [0.717, 1.165) is 17.8 Å². The Labute approximate surface area is 157 Å². The molecule has 0 aromatic heterocycles. The number of carbonyl (C=O) groups is 1. The molecule has 2 rings (SSSR count). The van der Waals surface area contributed by atoms with E-state index < -0.39 is 29.5 Å². The van der Waals surface area contributed by atoms with E-state index in [1.165, 1.54) is 12.1 Å². The quantitative estimate of drug-likeness (QED) is 0.807. The van der Waals surface area contributed by atoms with E-state index in [0.29, 0.717) is 19.6 Å². The molecule has 5 nitrogen and oxygen atoms in total. The largest absolute Gasteiger partial charge is 0.596 e. The number of benzene rings is 1. The van der Waals surface area contributed by atoms with E-state index in [2.05, 4.69) is 0 Å². The molecule has 1 amide bonds. The fourth-order valence-electron chi connectivity index (χ4n) is 2.91. The van der Waals surface area contributed by atoms with Crippen molar-refractivity contribution in [3.63, 3.8) is 0 Å². The topological polar surface area (TPSA) is 52.8 Å². The Kier molecular flexibility index (Phi) is 6.32. The molecule has 0 spiro atoms. The van der Waals surface area contributed by atoms with Gasteiger partial charge < -0.3 is 9.84 Å². The smallest absolute Gasteiger partial charge is 0.406 e. The fraction of sp³-hybridized carbons (Fsp3) is 0.579. The van der Waals surface area contributed by atoms with Gasteiger partial charge in [0.15, 0.2) is 12.3 Å². The molecule has 0 unspecified atom stereocenters. The third-order valence-corrected chi connectivity index (χ3v) is 4.20. The summed E-state index contributed by atoms with van der Waals surface area (Å²) in [5, 5.41) is 10.4. The van der Waals surface area contributed by atoms with Gasteiger partial charge in [-0.05, 0) is 38.5 Å². The molecule has 0 bridgehead atoms. The van der Waals surface area contributed by atoms with Gasteiger partial charge in [0.25, 0.3) is 0 Å². The SMILES string of the molecule is CC1=[N+](C(=O)OC(C)(C)C)CCN(C[C@@H](O)c2cccc(C(F)(F)F)c2)C1. The summed E-state index contributed by atoms with van der Waals surface area (Å²) in [5.41, 5.74) is -0.380. The van der Waals surface area contributed by atoms with E-state index in [4.69, 9.17) is 4.74 Å². The van der Waals surface area contributed by atoms with Gasteiger partial charge in [-0.25, -0.2) is 0 Å². The first-order chi connectivity index (χ1) is 12.4. The highest BCUT2D eigenvalue weighted by molar-refractivity contribution is 5.83. The fourth-order valence-corrected chi connectivity index (χ4v) is 2.91. The van der Waals surface area contributed by atoms with E-state index in [9.17, 15) is 23.1 Å². The van der Waals surface area contributed by atoms with Gasteiger partial charge in [0.1, 0.15) is 5.60 Å². The number of halogens is 3. The van der Waals surface area contributed by atoms with Gasteiger partial charge in [-0.1, -0.05) is 12.1 Å². The zero-order valence-electron chi connectivity index (χ0n) is 16.0. The number of nitrogens with zero attached hydrogens (tertiary/aromatic N) is 2. The Hall–Kier alpha value is -1.93. The molecule has 1 aromatic carbocycles. The van der Waals surface area contributed by atoms with Crippen molar-refractivity contribution >= 4 is 11.8 Å². The van der Waals surface area contributed by atoms with E-state index in [1.54, 1.807) is 32.3 Å². The van der Waals surface area contributed by atoms with Gasteiger partial charge in [0, 0.05) is 13.5 Å². The summed E-state index contributed by atoms with van der Waals surface area (Å²) in [6.45, 7) is 8.68. The van der Waals surface area contributed by atoms with Crippen LogP contribution in [0.3, 0.4) is 0 Å². The molecule has 1 aromatic rings. The number of hydrogen-bond donors (Lipinski definition) is 1. The standard InChI is InChI=1S/C19H26F3N2O3/c1-13-11-23(8-9-24(13)17(26)27-18(2,3)4)12-16(25)14-6-5-7-15(10-14)19(20,21)22/h5-7,10,16,25H,8-9,11-12H2,1-4H3/q+1/t16-/m1/s1. The summed E-state index contributed by atoms with van der Waals surface area (Å²) in [6.07, 6.45) is -5.91. The monoisotopic (exact) mass is 387 g/mol. The van der Waals surface area contributed by atoms with Gasteiger partial charge in [-0.2, -0.15) is 18.0 Å². The molecular formula is C19H26F3N2O3+. The number of amides is 1. The first-order valence-electron chi connectivity index (χ1n) is 8.77. The molecule has 1 aliphatic heterocycles. The van der Waals surface area contributed by atoms with Gasteiger partial charge in [-0.15, -0.1) is 4.58 Å². The Morgan fingerprint density at radius 3 is 2.56 bits per heavy atom. The van der Waals surface area contributed by atoms with Gasteiger partial charge >= 0.3 is 12.3 Å². The van der Waals surface area contributed by atoms with Crippen LogP contribution in [0.1, 0.15) is 44.9 Å². The molecule has 8 heteroatoms. The first kappa shape index (κ1) is 21.4. The van der Waals surface area contributed by atoms with E-state index in [1.807, 2.05) is 4.90 Å². The van der Waals surface area contributed by atoms with Crippen molar-refractivity contribution in [2.75, 3.05) is 26.2 Å². The minimum absolute atomic E-state index is 0.181. The molecule has 27 heavy (non-hydrogen) atoms. The number of β-amino-alcohol motifs (C(OH)–C–C–N with tert-alkyl or cyclic N) is 1. The maximum Gasteiger partial charge on any atom is 0.596 e. The lowest BCUT2D eigenvalue weighted by Gasteiger charge is -2.27. The van der Waals surface area contributed by atoms with Crippen LogP contribution in [0.15, 0.2) is 24.3 Å². The Morgan fingerprint density at radius 2 is 2.00 bits per heavy atom. The highest BCUT2D eigenvalue weighted by Gasteiger charge is 2.34. The van der Waals surface area contributed by atoms with Crippen LogP contribution < -0.4 is 0 Å². The van der Waals surface area contributed by atoms with Crippen LogP contribution in [0, 0.1) is 0 Å². The summed E-state index contributed by atoms with van der Waals surface area (Å²) in [4.78, 5) is 14.1. The maximum atomic E-state index is 12.8. The lowest BCUT2D eigenvalue weighted by atomic mass is 10.0. The predicted molar refractivity (Wildman–Crippen MR) is 94.9 cm³/mol. The average Bonchev–Trinajstić information content (AvgIpc) is 2.52. The molecular weight excluding hydrogens is 361 g/mol. The number of aliphatic hydroxyl groups excluding tert-OH is 1. The van der Waals surface area contributed by atoms with Crippen molar-refractivity contribution in [1.82, 2.24) is 4.90 Å². The summed E-state index contributed by atoms with van der Waals surface area (Å²) in [7, 11) is 0. The summed E-state index contributed by atoms with van der Waals surface area (Å²) in [6, 6.07) is 4.72. The molecule has 1 atom stereocenters. The second-order valence-electron chi connectivity index (χ2n) is 7.74. The first-order valence-corrected chi connectivity index (χ1v) is 8.77. The number of aliphatic hydroxyl groups is 1. The highest BCUT2D eigenvalue weighted by Crippen LogP contribution is 2.31. The zero-order chi connectivity index (χ0) is 20.4. The molecule has 0 fully saturated rings. The number of alkyl halides is 3. The minimum Gasteiger partial charge on any atom is -0.406 e. The zero-order valence-corrected chi connectivity index (χ0v) is 16.0. The molecule has 150 valence electrons. The van der Waals surface area contributed by atoms with Crippen molar-refractivity contribution in [3.8, 4) is 0 Å². The van der Waals surface area contributed by atoms with Gasteiger partial charge in [-0.3, -0.25) is 4.90 Å². The Bertz CT molecular complexity index is 724. The second-order valence-corrected chi connectivity index (χ2v) is 7.74. The van der Waals surface area contributed by atoms with Crippen LogP contribution in [0.2, 0.25) is 0 Å². The van der Waals surface area contributed by atoms with Crippen LogP contribution >= 0.6 is 0 Å². The van der Waals surface area contributed by atoms with Crippen LogP contribution in [-0.2, 0) is 10.9 Å². The summed E-state index contributed by atoms with van der Waals surface area (Å²) >= 11 is 0. The van der Waals surface area contributed by atoms with Gasteiger partial charge in [0.05, 0.1) is 24.8 Å². The van der Waals surface area contributed by atoms with Crippen LogP contribution in [0.4, 0.5) is 18.0 Å². The van der Waals surface area contributed by atoms with Crippen LogP contribution in [0.25, 0.3) is 0 Å². The molecule has 0 saturated heterocycles.